The lowest BCUT2D eigenvalue weighted by Crippen LogP contribution is -2.28. The molecule has 6 nitrogen and oxygen atoms in total. The van der Waals surface area contributed by atoms with Crippen molar-refractivity contribution in [3.05, 3.63) is 34.6 Å². The van der Waals surface area contributed by atoms with Crippen LogP contribution in [0.5, 0.6) is 0 Å². The molecule has 2 rings (SSSR count). The standard InChI is InChI=1S/C14H23BrN6/c1-5-17-13(12-9-16-10-20(12)4)14-11(15)8-18-21(14)7-6-19(2)3/h8-10,13,17H,5-7H2,1-4H3. The zero-order valence-electron chi connectivity index (χ0n) is 13.0. The third-order valence-corrected chi connectivity index (χ3v) is 4.03. The van der Waals surface area contributed by atoms with Crippen LogP contribution in [0.15, 0.2) is 23.2 Å². The van der Waals surface area contributed by atoms with E-state index in [9.17, 15) is 0 Å². The second-order valence-electron chi connectivity index (χ2n) is 5.32. The maximum atomic E-state index is 4.50. The summed E-state index contributed by atoms with van der Waals surface area (Å²) in [4.78, 5) is 6.40. The monoisotopic (exact) mass is 354 g/mol. The molecule has 0 aliphatic carbocycles. The lowest BCUT2D eigenvalue weighted by Gasteiger charge is -2.21. The number of aromatic nitrogens is 4. The van der Waals surface area contributed by atoms with Crippen molar-refractivity contribution < 1.29 is 0 Å². The largest absolute Gasteiger partial charge is 0.336 e. The van der Waals surface area contributed by atoms with E-state index in [1.807, 2.05) is 30.3 Å². The topological polar surface area (TPSA) is 50.9 Å². The van der Waals surface area contributed by atoms with Crippen LogP contribution < -0.4 is 5.32 Å². The minimum Gasteiger partial charge on any atom is -0.336 e. The number of nitrogens with one attached hydrogen (secondary N) is 1. The minimum absolute atomic E-state index is 0.0709. The SMILES string of the molecule is CCNC(c1cncn1C)c1c(Br)cnn1CCN(C)C. The van der Waals surface area contributed by atoms with Crippen LogP contribution in [0.2, 0.25) is 0 Å². The van der Waals surface area contributed by atoms with Gasteiger partial charge in [-0.05, 0) is 36.6 Å². The van der Waals surface area contributed by atoms with Crippen molar-refractivity contribution in [2.45, 2.75) is 19.5 Å². The van der Waals surface area contributed by atoms with Gasteiger partial charge in [-0.1, -0.05) is 6.92 Å². The van der Waals surface area contributed by atoms with Gasteiger partial charge in [-0.15, -0.1) is 0 Å². The van der Waals surface area contributed by atoms with E-state index >= 15 is 0 Å². The van der Waals surface area contributed by atoms with Gasteiger partial charge >= 0.3 is 0 Å². The van der Waals surface area contributed by atoms with E-state index in [1.165, 1.54) is 0 Å². The Balaban J connectivity index is 2.36. The first kappa shape index (κ1) is 16.2. The van der Waals surface area contributed by atoms with Gasteiger partial charge in [0.05, 0.1) is 47.2 Å². The molecule has 7 heteroatoms. The molecular weight excluding hydrogens is 332 g/mol. The normalized spacial score (nSPS) is 13.0. The Morgan fingerprint density at radius 3 is 2.71 bits per heavy atom. The molecule has 0 saturated heterocycles. The maximum absolute atomic E-state index is 4.50. The predicted octanol–water partition coefficient (Wildman–Crippen LogP) is 1.64. The van der Waals surface area contributed by atoms with E-state index in [0.29, 0.717) is 0 Å². The fourth-order valence-electron chi connectivity index (χ4n) is 2.32. The first-order chi connectivity index (χ1) is 10.0. The van der Waals surface area contributed by atoms with Crippen LogP contribution >= 0.6 is 15.9 Å². The molecule has 1 atom stereocenters. The molecule has 21 heavy (non-hydrogen) atoms. The van der Waals surface area contributed by atoms with Gasteiger partial charge in [0.25, 0.3) is 0 Å². The molecule has 1 N–H and O–H groups in total. The Labute approximate surface area is 134 Å². The number of halogens is 1. The number of nitrogens with zero attached hydrogens (tertiary/aromatic N) is 5. The average molecular weight is 355 g/mol. The van der Waals surface area contributed by atoms with Crippen LogP contribution in [0.1, 0.15) is 24.4 Å². The summed E-state index contributed by atoms with van der Waals surface area (Å²) in [6, 6.07) is 0.0709. The molecule has 0 amide bonds. The summed E-state index contributed by atoms with van der Waals surface area (Å²) in [6.07, 6.45) is 5.60. The van der Waals surface area contributed by atoms with Gasteiger partial charge in [0, 0.05) is 13.6 Å². The van der Waals surface area contributed by atoms with Gasteiger partial charge in [0.1, 0.15) is 0 Å². The Hall–Kier alpha value is -1.18. The first-order valence-electron chi connectivity index (χ1n) is 7.10. The molecular formula is C14H23BrN6. The summed E-state index contributed by atoms with van der Waals surface area (Å²) in [7, 11) is 6.16. The number of rotatable bonds is 7. The Morgan fingerprint density at radius 2 is 2.14 bits per heavy atom. The second-order valence-corrected chi connectivity index (χ2v) is 6.18. The zero-order chi connectivity index (χ0) is 15.4. The zero-order valence-corrected chi connectivity index (χ0v) is 14.6. The Morgan fingerprint density at radius 1 is 1.38 bits per heavy atom. The maximum Gasteiger partial charge on any atom is 0.0946 e. The molecule has 0 spiro atoms. The predicted molar refractivity (Wildman–Crippen MR) is 87.2 cm³/mol. The van der Waals surface area contributed by atoms with Crippen LogP contribution in [0, 0.1) is 0 Å². The molecule has 0 saturated carbocycles. The van der Waals surface area contributed by atoms with E-state index in [2.05, 4.69) is 61.9 Å². The lowest BCUT2D eigenvalue weighted by atomic mass is 10.1. The van der Waals surface area contributed by atoms with Gasteiger partial charge in [0.15, 0.2) is 0 Å². The van der Waals surface area contributed by atoms with Crippen molar-refractivity contribution in [1.82, 2.24) is 29.5 Å². The van der Waals surface area contributed by atoms with E-state index in [4.69, 9.17) is 0 Å². The molecule has 0 aromatic carbocycles. The van der Waals surface area contributed by atoms with Crippen molar-refractivity contribution in [3.63, 3.8) is 0 Å². The number of hydrogen-bond donors (Lipinski definition) is 1. The molecule has 1 unspecified atom stereocenters. The minimum atomic E-state index is 0.0709. The van der Waals surface area contributed by atoms with Crippen molar-refractivity contribution >= 4 is 15.9 Å². The summed E-state index contributed by atoms with van der Waals surface area (Å²) < 4.78 is 5.13. The molecule has 2 aromatic rings. The summed E-state index contributed by atoms with van der Waals surface area (Å²) in [5.74, 6) is 0. The van der Waals surface area contributed by atoms with Crippen molar-refractivity contribution in [2.24, 2.45) is 7.05 Å². The van der Waals surface area contributed by atoms with Crippen molar-refractivity contribution in [3.8, 4) is 0 Å². The number of likely N-dealkylation sites (N-methyl/N-ethyl adjacent to an activating group) is 1. The average Bonchev–Trinajstić information content (AvgIpc) is 3.00. The third kappa shape index (κ3) is 3.72. The van der Waals surface area contributed by atoms with Crippen molar-refractivity contribution in [1.29, 1.82) is 0 Å². The molecule has 0 fully saturated rings. The summed E-state index contributed by atoms with van der Waals surface area (Å²) in [6.45, 7) is 4.79. The van der Waals surface area contributed by atoms with E-state index in [0.717, 1.165) is 35.5 Å². The van der Waals surface area contributed by atoms with Gasteiger partial charge in [-0.25, -0.2) is 4.98 Å². The van der Waals surface area contributed by atoms with Gasteiger partial charge in [0.2, 0.25) is 0 Å². The highest BCUT2D eigenvalue weighted by Gasteiger charge is 2.23. The number of aryl methyl sites for hydroxylation is 1. The van der Waals surface area contributed by atoms with Gasteiger partial charge in [-0.2, -0.15) is 5.10 Å². The third-order valence-electron chi connectivity index (χ3n) is 3.42. The number of imidazole rings is 1. The lowest BCUT2D eigenvalue weighted by molar-refractivity contribution is 0.364. The van der Waals surface area contributed by atoms with Crippen LogP contribution in [0.3, 0.4) is 0 Å². The van der Waals surface area contributed by atoms with E-state index in [-0.39, 0.29) is 6.04 Å². The van der Waals surface area contributed by atoms with Crippen LogP contribution in [0.4, 0.5) is 0 Å². The summed E-state index contributed by atoms with van der Waals surface area (Å²) >= 11 is 3.64. The Bertz CT molecular complexity index is 574. The molecule has 2 aromatic heterocycles. The first-order valence-corrected chi connectivity index (χ1v) is 7.89. The van der Waals surface area contributed by atoms with Crippen LogP contribution in [0.25, 0.3) is 0 Å². The second kappa shape index (κ2) is 7.20. The van der Waals surface area contributed by atoms with Crippen LogP contribution in [-0.2, 0) is 13.6 Å². The van der Waals surface area contributed by atoms with Gasteiger partial charge < -0.3 is 14.8 Å². The molecule has 2 heterocycles. The van der Waals surface area contributed by atoms with E-state index in [1.54, 1.807) is 0 Å². The summed E-state index contributed by atoms with van der Waals surface area (Å²) in [5.41, 5.74) is 2.27. The fourth-order valence-corrected chi connectivity index (χ4v) is 2.85. The highest BCUT2D eigenvalue weighted by molar-refractivity contribution is 9.10. The Kier molecular flexibility index (Phi) is 5.55. The van der Waals surface area contributed by atoms with Crippen molar-refractivity contribution in [2.75, 3.05) is 27.2 Å². The fraction of sp³-hybridized carbons (Fsp3) is 0.571. The quantitative estimate of drug-likeness (QED) is 0.821. The molecule has 0 aliphatic heterocycles. The van der Waals surface area contributed by atoms with Gasteiger partial charge in [-0.3, -0.25) is 4.68 Å². The highest BCUT2D eigenvalue weighted by atomic mass is 79.9. The molecule has 0 aliphatic rings. The van der Waals surface area contributed by atoms with E-state index < -0.39 is 0 Å². The summed E-state index contributed by atoms with van der Waals surface area (Å²) in [5, 5.41) is 8.04. The number of hydrogen-bond acceptors (Lipinski definition) is 4. The highest BCUT2D eigenvalue weighted by Crippen LogP contribution is 2.28. The van der Waals surface area contributed by atoms with Crippen LogP contribution in [-0.4, -0.2) is 51.4 Å². The molecule has 116 valence electrons. The smallest absolute Gasteiger partial charge is 0.0946 e. The molecule has 0 radical (unpaired) electrons. The molecule has 0 bridgehead atoms.